The summed E-state index contributed by atoms with van der Waals surface area (Å²) in [7, 11) is -2.35. The highest BCUT2D eigenvalue weighted by atomic mass is 32.2. The van der Waals surface area contributed by atoms with E-state index in [1.54, 1.807) is 19.1 Å². The molecule has 1 aromatic carbocycles. The molecule has 1 heterocycles. The highest BCUT2D eigenvalue weighted by Crippen LogP contribution is 2.26. The van der Waals surface area contributed by atoms with E-state index in [1.807, 2.05) is 0 Å². The number of benzene rings is 1. The lowest BCUT2D eigenvalue weighted by Crippen LogP contribution is -2.28. The van der Waals surface area contributed by atoms with Crippen LogP contribution in [0.15, 0.2) is 29.4 Å². The van der Waals surface area contributed by atoms with Gasteiger partial charge in [0.2, 0.25) is 10.0 Å². The zero-order valence-electron chi connectivity index (χ0n) is 11.7. The van der Waals surface area contributed by atoms with Crippen LogP contribution in [0.3, 0.4) is 0 Å². The minimum absolute atomic E-state index is 0.0496. The molecule has 0 radical (unpaired) electrons. The summed E-state index contributed by atoms with van der Waals surface area (Å²) in [6, 6.07) is 4.18. The molecule has 0 aliphatic heterocycles. The van der Waals surface area contributed by atoms with Crippen LogP contribution in [0, 0.1) is 0 Å². The average Bonchev–Trinajstić information content (AvgIpc) is 3.00. The lowest BCUT2D eigenvalue weighted by molar-refractivity contribution is 0.401. The van der Waals surface area contributed by atoms with E-state index in [4.69, 9.17) is 10.5 Å². The van der Waals surface area contributed by atoms with Gasteiger partial charge in [-0.25, -0.2) is 18.1 Å². The Balaban J connectivity index is 2.31. The van der Waals surface area contributed by atoms with E-state index in [0.717, 1.165) is 5.56 Å². The van der Waals surface area contributed by atoms with Crippen molar-refractivity contribution in [2.45, 2.75) is 24.4 Å². The molecular weight excluding hydrogens is 294 g/mol. The third-order valence-corrected chi connectivity index (χ3v) is 4.51. The maximum absolute atomic E-state index is 12.4. The van der Waals surface area contributed by atoms with E-state index in [9.17, 15) is 8.42 Å². The average molecular weight is 311 g/mol. The van der Waals surface area contributed by atoms with Crippen LogP contribution >= 0.6 is 0 Å². The molecule has 0 saturated carbocycles. The third kappa shape index (κ3) is 3.38. The first-order valence-corrected chi connectivity index (χ1v) is 7.71. The molecule has 0 spiro atoms. The van der Waals surface area contributed by atoms with Gasteiger partial charge in [0.25, 0.3) is 0 Å². The van der Waals surface area contributed by atoms with Gasteiger partial charge in [-0.15, -0.1) is 0 Å². The van der Waals surface area contributed by atoms with E-state index in [-0.39, 0.29) is 10.6 Å². The van der Waals surface area contributed by atoms with Crippen molar-refractivity contribution in [2.24, 2.45) is 5.73 Å². The summed E-state index contributed by atoms with van der Waals surface area (Å²) in [4.78, 5) is 3.97. The van der Waals surface area contributed by atoms with Crippen LogP contribution in [-0.4, -0.2) is 30.7 Å². The molecule has 2 aromatic rings. The number of rotatable bonds is 6. The summed E-state index contributed by atoms with van der Waals surface area (Å²) in [5.41, 5.74) is 6.32. The SMILES string of the molecule is COc1cc(CN)ccc1S(=O)(=O)NC(C)c1ncn[nH]1. The summed E-state index contributed by atoms with van der Waals surface area (Å²) in [5, 5.41) is 6.31. The van der Waals surface area contributed by atoms with E-state index in [1.165, 1.54) is 19.5 Å². The molecule has 4 N–H and O–H groups in total. The molecule has 114 valence electrons. The van der Waals surface area contributed by atoms with Gasteiger partial charge in [-0.3, -0.25) is 5.10 Å². The van der Waals surface area contributed by atoms with E-state index in [0.29, 0.717) is 12.4 Å². The van der Waals surface area contributed by atoms with Crippen LogP contribution in [0.2, 0.25) is 0 Å². The zero-order chi connectivity index (χ0) is 15.5. The van der Waals surface area contributed by atoms with Crippen LogP contribution in [-0.2, 0) is 16.6 Å². The zero-order valence-corrected chi connectivity index (χ0v) is 12.5. The molecule has 0 aliphatic carbocycles. The topological polar surface area (TPSA) is 123 Å². The minimum atomic E-state index is -3.76. The second-order valence-electron chi connectivity index (χ2n) is 4.40. The summed E-state index contributed by atoms with van der Waals surface area (Å²) in [6.07, 6.45) is 1.32. The quantitative estimate of drug-likeness (QED) is 0.705. The van der Waals surface area contributed by atoms with Crippen molar-refractivity contribution in [3.8, 4) is 5.75 Å². The Kier molecular flexibility index (Phi) is 4.56. The van der Waals surface area contributed by atoms with Crippen molar-refractivity contribution in [1.82, 2.24) is 19.9 Å². The Hall–Kier alpha value is -1.97. The number of aromatic amines is 1. The molecule has 0 saturated heterocycles. The number of nitrogens with zero attached hydrogens (tertiary/aromatic N) is 2. The Morgan fingerprint density at radius 1 is 1.48 bits per heavy atom. The second-order valence-corrected chi connectivity index (χ2v) is 6.09. The number of aromatic nitrogens is 3. The first-order chi connectivity index (χ1) is 9.97. The fourth-order valence-electron chi connectivity index (χ4n) is 1.84. The van der Waals surface area contributed by atoms with Gasteiger partial charge in [0.05, 0.1) is 13.2 Å². The highest BCUT2D eigenvalue weighted by molar-refractivity contribution is 7.89. The lowest BCUT2D eigenvalue weighted by atomic mass is 10.2. The number of sulfonamides is 1. The summed E-state index contributed by atoms with van der Waals surface area (Å²) < 4.78 is 32.5. The normalized spacial score (nSPS) is 13.1. The predicted molar refractivity (Wildman–Crippen MR) is 76.0 cm³/mol. The van der Waals surface area contributed by atoms with Crippen molar-refractivity contribution in [2.75, 3.05) is 7.11 Å². The third-order valence-electron chi connectivity index (χ3n) is 2.93. The van der Waals surface area contributed by atoms with Gasteiger partial charge >= 0.3 is 0 Å². The molecule has 2 rings (SSSR count). The Morgan fingerprint density at radius 3 is 2.81 bits per heavy atom. The van der Waals surface area contributed by atoms with Gasteiger partial charge in [-0.05, 0) is 24.6 Å². The molecule has 1 atom stereocenters. The van der Waals surface area contributed by atoms with Gasteiger partial charge in [0.1, 0.15) is 22.8 Å². The first kappa shape index (κ1) is 15.4. The highest BCUT2D eigenvalue weighted by Gasteiger charge is 2.23. The molecule has 9 heteroatoms. The number of H-pyrrole nitrogens is 1. The first-order valence-electron chi connectivity index (χ1n) is 6.22. The maximum atomic E-state index is 12.4. The number of methoxy groups -OCH3 is 1. The summed E-state index contributed by atoms with van der Waals surface area (Å²) in [5.74, 6) is 0.673. The van der Waals surface area contributed by atoms with Crippen molar-refractivity contribution in [3.05, 3.63) is 35.9 Å². The van der Waals surface area contributed by atoms with Crippen LogP contribution in [0.1, 0.15) is 24.4 Å². The molecule has 0 fully saturated rings. The summed E-state index contributed by atoms with van der Waals surface area (Å²) >= 11 is 0. The standard InChI is InChI=1S/C12H17N5O3S/c1-8(12-14-7-15-16-12)17-21(18,19)11-4-3-9(6-13)5-10(11)20-2/h3-5,7-8,17H,6,13H2,1-2H3,(H,14,15,16). The maximum Gasteiger partial charge on any atom is 0.244 e. The van der Waals surface area contributed by atoms with Crippen LogP contribution < -0.4 is 15.2 Å². The van der Waals surface area contributed by atoms with Gasteiger partial charge < -0.3 is 10.5 Å². The Bertz CT molecular complexity index is 700. The molecule has 0 amide bonds. The second kappa shape index (κ2) is 6.20. The van der Waals surface area contributed by atoms with E-state index < -0.39 is 16.1 Å². The number of nitrogens with two attached hydrogens (primary N) is 1. The number of hydrogen-bond donors (Lipinski definition) is 3. The molecule has 1 aromatic heterocycles. The summed E-state index contributed by atoms with van der Waals surface area (Å²) in [6.45, 7) is 1.97. The Morgan fingerprint density at radius 2 is 2.24 bits per heavy atom. The van der Waals surface area contributed by atoms with E-state index >= 15 is 0 Å². The fraction of sp³-hybridized carbons (Fsp3) is 0.333. The minimum Gasteiger partial charge on any atom is -0.495 e. The lowest BCUT2D eigenvalue weighted by Gasteiger charge is -2.14. The number of ether oxygens (including phenoxy) is 1. The largest absolute Gasteiger partial charge is 0.495 e. The van der Waals surface area contributed by atoms with Crippen molar-refractivity contribution in [1.29, 1.82) is 0 Å². The number of nitrogens with one attached hydrogen (secondary N) is 2. The van der Waals surface area contributed by atoms with Crippen LogP contribution in [0.25, 0.3) is 0 Å². The monoisotopic (exact) mass is 311 g/mol. The van der Waals surface area contributed by atoms with Crippen LogP contribution in [0.4, 0.5) is 0 Å². The molecule has 0 bridgehead atoms. The molecule has 8 nitrogen and oxygen atoms in total. The van der Waals surface area contributed by atoms with Crippen LogP contribution in [0.5, 0.6) is 5.75 Å². The molecule has 1 unspecified atom stereocenters. The smallest absolute Gasteiger partial charge is 0.244 e. The Labute approximate surface area is 122 Å². The van der Waals surface area contributed by atoms with Crippen molar-refractivity contribution in [3.63, 3.8) is 0 Å². The van der Waals surface area contributed by atoms with Gasteiger partial charge in [0.15, 0.2) is 0 Å². The van der Waals surface area contributed by atoms with Gasteiger partial charge in [0, 0.05) is 6.54 Å². The van der Waals surface area contributed by atoms with Crippen molar-refractivity contribution < 1.29 is 13.2 Å². The van der Waals surface area contributed by atoms with Gasteiger partial charge in [-0.1, -0.05) is 6.07 Å². The predicted octanol–water partition coefficient (Wildman–Crippen LogP) is 0.311. The van der Waals surface area contributed by atoms with E-state index in [2.05, 4.69) is 19.9 Å². The number of hydrogen-bond acceptors (Lipinski definition) is 6. The molecule has 0 aliphatic rings. The molecule has 21 heavy (non-hydrogen) atoms. The fourth-order valence-corrected chi connectivity index (χ4v) is 3.19. The van der Waals surface area contributed by atoms with Gasteiger partial charge in [-0.2, -0.15) is 5.10 Å². The van der Waals surface area contributed by atoms with Crippen molar-refractivity contribution >= 4 is 10.0 Å². The molecular formula is C12H17N5O3S.